The minimum atomic E-state index is -0.363. The van der Waals surface area contributed by atoms with E-state index in [4.69, 9.17) is 4.74 Å². The molecule has 76 valence electrons. The van der Waals surface area contributed by atoms with Crippen molar-refractivity contribution in [1.82, 2.24) is 14.8 Å². The zero-order chi connectivity index (χ0) is 10.4. The summed E-state index contributed by atoms with van der Waals surface area (Å²) in [5.74, 6) is 0.290. The number of esters is 1. The summed E-state index contributed by atoms with van der Waals surface area (Å²) in [4.78, 5) is 14.9. The third-order valence-corrected chi connectivity index (χ3v) is 1.60. The van der Waals surface area contributed by atoms with Gasteiger partial charge in [0.1, 0.15) is 6.33 Å². The summed E-state index contributed by atoms with van der Waals surface area (Å²) in [5, 5.41) is 3.96. The molecule has 0 unspecified atom stereocenters. The predicted octanol–water partition coefficient (Wildman–Crippen LogP) is 0.874. The molecule has 0 atom stereocenters. The van der Waals surface area contributed by atoms with Crippen LogP contribution in [0.4, 0.5) is 0 Å². The van der Waals surface area contributed by atoms with Crippen molar-refractivity contribution < 1.29 is 9.53 Å². The zero-order valence-electron chi connectivity index (χ0n) is 8.30. The smallest absolute Gasteiger partial charge is 0.330 e. The predicted molar refractivity (Wildman–Crippen MR) is 51.4 cm³/mol. The molecule has 0 saturated heterocycles. The van der Waals surface area contributed by atoms with E-state index in [1.165, 1.54) is 12.4 Å². The van der Waals surface area contributed by atoms with Crippen LogP contribution < -0.4 is 0 Å². The number of hydrogen-bond donors (Lipinski definition) is 0. The fraction of sp³-hybridized carbons (Fsp3) is 0.444. The van der Waals surface area contributed by atoms with Gasteiger partial charge in [-0.2, -0.15) is 5.10 Å². The molecule has 5 heteroatoms. The number of hydrogen-bond acceptors (Lipinski definition) is 4. The van der Waals surface area contributed by atoms with Gasteiger partial charge in [-0.25, -0.2) is 14.5 Å². The molecule has 1 aromatic rings. The Kier molecular flexibility index (Phi) is 3.84. The van der Waals surface area contributed by atoms with Crippen molar-refractivity contribution in [3.05, 3.63) is 18.2 Å². The minimum Gasteiger partial charge on any atom is -0.463 e. The number of carbonyl (C=O) groups excluding carboxylic acids is 1. The van der Waals surface area contributed by atoms with Crippen LogP contribution in [0.15, 0.2) is 12.4 Å². The standard InChI is InChI=1S/C9H13N3O2/c1-3-12-8(10-7-11-12)5-6-9(13)14-4-2/h5-7H,3-4H2,1-2H3/b6-5+. The second-order valence-electron chi connectivity index (χ2n) is 2.52. The van der Waals surface area contributed by atoms with Crippen molar-refractivity contribution in [1.29, 1.82) is 0 Å². The van der Waals surface area contributed by atoms with Crippen LogP contribution in [0.3, 0.4) is 0 Å². The van der Waals surface area contributed by atoms with Crippen molar-refractivity contribution >= 4 is 12.0 Å². The highest BCUT2D eigenvalue weighted by Gasteiger charge is 1.99. The SMILES string of the molecule is CCOC(=O)/C=C/c1ncnn1CC. The third kappa shape index (κ3) is 2.69. The Morgan fingerprint density at radius 2 is 2.43 bits per heavy atom. The molecule has 0 fully saturated rings. The normalized spacial score (nSPS) is 10.7. The van der Waals surface area contributed by atoms with Crippen molar-refractivity contribution in [2.24, 2.45) is 0 Å². The number of nitrogens with zero attached hydrogens (tertiary/aromatic N) is 3. The van der Waals surface area contributed by atoms with Crippen LogP contribution in [0.1, 0.15) is 19.7 Å². The van der Waals surface area contributed by atoms with E-state index in [-0.39, 0.29) is 5.97 Å². The summed E-state index contributed by atoms with van der Waals surface area (Å²) in [5.41, 5.74) is 0. The number of aromatic nitrogens is 3. The molecule has 14 heavy (non-hydrogen) atoms. The second kappa shape index (κ2) is 5.16. The third-order valence-electron chi connectivity index (χ3n) is 1.60. The summed E-state index contributed by atoms with van der Waals surface area (Å²) in [6, 6.07) is 0. The molecule has 0 amide bonds. The Balaban J connectivity index is 2.63. The van der Waals surface area contributed by atoms with E-state index < -0.39 is 0 Å². The first-order valence-corrected chi connectivity index (χ1v) is 4.50. The van der Waals surface area contributed by atoms with Crippen LogP contribution in [0.2, 0.25) is 0 Å². The first-order chi connectivity index (χ1) is 6.77. The minimum absolute atomic E-state index is 0.363. The van der Waals surface area contributed by atoms with E-state index in [1.807, 2.05) is 6.92 Å². The lowest BCUT2D eigenvalue weighted by molar-refractivity contribution is -0.137. The highest BCUT2D eigenvalue weighted by molar-refractivity contribution is 5.86. The van der Waals surface area contributed by atoms with Gasteiger partial charge >= 0.3 is 5.97 Å². The fourth-order valence-electron chi connectivity index (χ4n) is 0.979. The number of rotatable bonds is 4. The van der Waals surface area contributed by atoms with Crippen molar-refractivity contribution in [2.45, 2.75) is 20.4 Å². The van der Waals surface area contributed by atoms with Crippen molar-refractivity contribution in [2.75, 3.05) is 6.61 Å². The lowest BCUT2D eigenvalue weighted by Crippen LogP contribution is -2.01. The maximum absolute atomic E-state index is 11.0. The monoisotopic (exact) mass is 195 g/mol. The summed E-state index contributed by atoms with van der Waals surface area (Å²) < 4.78 is 6.42. The first kappa shape index (κ1) is 10.4. The highest BCUT2D eigenvalue weighted by atomic mass is 16.5. The van der Waals surface area contributed by atoms with Gasteiger partial charge in [-0.05, 0) is 19.9 Å². The van der Waals surface area contributed by atoms with Crippen LogP contribution in [0, 0.1) is 0 Å². The molecule has 0 bridgehead atoms. The van der Waals surface area contributed by atoms with E-state index >= 15 is 0 Å². The number of aryl methyl sites for hydroxylation is 1. The van der Waals surface area contributed by atoms with Crippen LogP contribution >= 0.6 is 0 Å². The lowest BCUT2D eigenvalue weighted by atomic mass is 10.4. The van der Waals surface area contributed by atoms with Crippen molar-refractivity contribution in [3.8, 4) is 0 Å². The van der Waals surface area contributed by atoms with E-state index in [2.05, 4.69) is 10.1 Å². The van der Waals surface area contributed by atoms with Crippen LogP contribution in [-0.2, 0) is 16.1 Å². The van der Waals surface area contributed by atoms with E-state index in [9.17, 15) is 4.79 Å². The lowest BCUT2D eigenvalue weighted by Gasteiger charge is -1.97. The zero-order valence-corrected chi connectivity index (χ0v) is 8.30. The Morgan fingerprint density at radius 1 is 1.64 bits per heavy atom. The maximum Gasteiger partial charge on any atom is 0.330 e. The molecule has 0 saturated carbocycles. The molecular weight excluding hydrogens is 182 g/mol. The van der Waals surface area contributed by atoms with Gasteiger partial charge in [-0.3, -0.25) is 0 Å². The maximum atomic E-state index is 11.0. The summed E-state index contributed by atoms with van der Waals surface area (Å²) >= 11 is 0. The van der Waals surface area contributed by atoms with Gasteiger partial charge in [0.05, 0.1) is 6.61 Å². The molecule has 1 rings (SSSR count). The van der Waals surface area contributed by atoms with Gasteiger partial charge in [0.15, 0.2) is 5.82 Å². The molecular formula is C9H13N3O2. The largest absolute Gasteiger partial charge is 0.463 e. The topological polar surface area (TPSA) is 57.0 Å². The summed E-state index contributed by atoms with van der Waals surface area (Å²) in [6.45, 7) is 4.82. The Bertz CT molecular complexity index is 331. The van der Waals surface area contributed by atoms with Gasteiger partial charge in [0.25, 0.3) is 0 Å². The van der Waals surface area contributed by atoms with Gasteiger partial charge in [-0.15, -0.1) is 0 Å². The average Bonchev–Trinajstić information content (AvgIpc) is 2.62. The van der Waals surface area contributed by atoms with Gasteiger partial charge in [-0.1, -0.05) is 0 Å². The van der Waals surface area contributed by atoms with E-state index in [1.54, 1.807) is 17.7 Å². The summed E-state index contributed by atoms with van der Waals surface area (Å²) in [6.07, 6.45) is 4.39. The first-order valence-electron chi connectivity index (χ1n) is 4.50. The Hall–Kier alpha value is -1.65. The van der Waals surface area contributed by atoms with Crippen molar-refractivity contribution in [3.63, 3.8) is 0 Å². The molecule has 0 aliphatic carbocycles. The molecule has 5 nitrogen and oxygen atoms in total. The average molecular weight is 195 g/mol. The fourth-order valence-corrected chi connectivity index (χ4v) is 0.979. The van der Waals surface area contributed by atoms with Crippen LogP contribution in [0.5, 0.6) is 0 Å². The van der Waals surface area contributed by atoms with Gasteiger partial charge < -0.3 is 4.74 Å². The van der Waals surface area contributed by atoms with E-state index in [0.29, 0.717) is 12.4 Å². The van der Waals surface area contributed by atoms with Gasteiger partial charge in [0, 0.05) is 12.6 Å². The molecule has 0 spiro atoms. The van der Waals surface area contributed by atoms with Crippen LogP contribution in [-0.4, -0.2) is 27.3 Å². The molecule has 1 heterocycles. The molecule has 0 radical (unpaired) electrons. The summed E-state index contributed by atoms with van der Waals surface area (Å²) in [7, 11) is 0. The van der Waals surface area contributed by atoms with Gasteiger partial charge in [0.2, 0.25) is 0 Å². The second-order valence-corrected chi connectivity index (χ2v) is 2.52. The number of carbonyl (C=O) groups is 1. The Morgan fingerprint density at radius 3 is 3.07 bits per heavy atom. The highest BCUT2D eigenvalue weighted by Crippen LogP contribution is 1.97. The molecule has 0 aromatic carbocycles. The molecule has 1 aromatic heterocycles. The molecule has 0 aliphatic rings. The number of ether oxygens (including phenoxy) is 1. The van der Waals surface area contributed by atoms with Crippen LogP contribution in [0.25, 0.3) is 6.08 Å². The molecule has 0 aliphatic heterocycles. The quantitative estimate of drug-likeness (QED) is 0.528. The van der Waals surface area contributed by atoms with E-state index in [0.717, 1.165) is 6.54 Å². The Labute approximate surface area is 82.4 Å². The molecule has 0 N–H and O–H groups in total.